The summed E-state index contributed by atoms with van der Waals surface area (Å²) >= 11 is 0. The number of halogens is 2. The predicted octanol–water partition coefficient (Wildman–Crippen LogP) is 1.66. The van der Waals surface area contributed by atoms with E-state index in [0.717, 1.165) is 7.11 Å². The van der Waals surface area contributed by atoms with Crippen molar-refractivity contribution in [2.75, 3.05) is 12.8 Å². The number of rotatable bonds is 3. The number of esters is 1. The molecule has 0 unspecified atom stereocenters. The Labute approximate surface area is 84.6 Å². The number of hydrogen-bond donors (Lipinski definition) is 1. The number of carbonyl (C=O) groups excluding carboxylic acids is 1. The molecule has 4 nitrogen and oxygen atoms in total. The molecule has 1 aromatic carbocycles. The van der Waals surface area contributed by atoms with Crippen molar-refractivity contribution in [3.05, 3.63) is 23.8 Å². The van der Waals surface area contributed by atoms with Gasteiger partial charge in [-0.3, -0.25) is 0 Å². The van der Waals surface area contributed by atoms with Crippen molar-refractivity contribution in [1.29, 1.82) is 0 Å². The molecule has 6 heteroatoms. The molecule has 0 heterocycles. The van der Waals surface area contributed by atoms with Crippen LogP contribution in [0, 0.1) is 0 Å². The Kier molecular flexibility index (Phi) is 3.43. The van der Waals surface area contributed by atoms with Gasteiger partial charge >= 0.3 is 12.6 Å². The molecule has 0 bridgehead atoms. The Morgan fingerprint density at radius 2 is 2.13 bits per heavy atom. The van der Waals surface area contributed by atoms with Gasteiger partial charge < -0.3 is 15.2 Å². The van der Waals surface area contributed by atoms with Crippen LogP contribution in [-0.4, -0.2) is 19.7 Å². The predicted molar refractivity (Wildman–Crippen MR) is 48.8 cm³/mol. The molecule has 0 aliphatic heterocycles. The SMILES string of the molecule is COC(=O)c1cccc(N)c1OC(F)F. The Morgan fingerprint density at radius 1 is 1.47 bits per heavy atom. The van der Waals surface area contributed by atoms with Crippen molar-refractivity contribution < 1.29 is 23.0 Å². The van der Waals surface area contributed by atoms with Crippen molar-refractivity contribution in [1.82, 2.24) is 0 Å². The highest BCUT2D eigenvalue weighted by Gasteiger charge is 2.18. The summed E-state index contributed by atoms with van der Waals surface area (Å²) in [6.07, 6.45) is 0. The van der Waals surface area contributed by atoms with Gasteiger partial charge in [0.1, 0.15) is 5.56 Å². The van der Waals surface area contributed by atoms with Crippen LogP contribution in [0.5, 0.6) is 5.75 Å². The maximum Gasteiger partial charge on any atom is 0.387 e. The lowest BCUT2D eigenvalue weighted by Crippen LogP contribution is -2.11. The summed E-state index contributed by atoms with van der Waals surface area (Å²) in [6.45, 7) is -3.04. The Balaban J connectivity index is 3.14. The lowest BCUT2D eigenvalue weighted by atomic mass is 10.2. The van der Waals surface area contributed by atoms with E-state index < -0.39 is 12.6 Å². The van der Waals surface area contributed by atoms with Gasteiger partial charge in [-0.25, -0.2) is 4.79 Å². The quantitative estimate of drug-likeness (QED) is 0.617. The molecule has 0 fully saturated rings. The fourth-order valence-electron chi connectivity index (χ4n) is 1.05. The second-order valence-corrected chi connectivity index (χ2v) is 2.59. The van der Waals surface area contributed by atoms with E-state index in [1.165, 1.54) is 18.2 Å². The molecule has 0 saturated heterocycles. The summed E-state index contributed by atoms with van der Waals surface area (Å²) in [5.74, 6) is -1.14. The number of methoxy groups -OCH3 is 1. The molecule has 82 valence electrons. The largest absolute Gasteiger partial charge is 0.465 e. The van der Waals surface area contributed by atoms with Crippen molar-refractivity contribution in [3.63, 3.8) is 0 Å². The molecule has 0 aliphatic carbocycles. The maximum atomic E-state index is 12.0. The van der Waals surface area contributed by atoms with Crippen molar-refractivity contribution in [2.24, 2.45) is 0 Å². The molecule has 0 aromatic heterocycles. The number of nitrogen functional groups attached to an aromatic ring is 1. The molecule has 0 radical (unpaired) electrons. The summed E-state index contributed by atoms with van der Waals surface area (Å²) < 4.78 is 32.6. The Hall–Kier alpha value is -1.85. The van der Waals surface area contributed by atoms with E-state index in [1.807, 2.05) is 0 Å². The molecular weight excluding hydrogens is 208 g/mol. The third-order valence-corrected chi connectivity index (χ3v) is 1.66. The molecule has 15 heavy (non-hydrogen) atoms. The smallest absolute Gasteiger partial charge is 0.387 e. The minimum absolute atomic E-state index is 0.0433. The number of nitrogens with two attached hydrogens (primary N) is 1. The molecule has 2 N–H and O–H groups in total. The standard InChI is InChI=1S/C9H9F2NO3/c1-14-8(13)5-3-2-4-6(12)7(5)15-9(10)11/h2-4,9H,12H2,1H3. The minimum atomic E-state index is -3.04. The first-order valence-electron chi connectivity index (χ1n) is 3.98. The fraction of sp³-hybridized carbons (Fsp3) is 0.222. The first-order valence-corrected chi connectivity index (χ1v) is 3.98. The number of alkyl halides is 2. The van der Waals surface area contributed by atoms with E-state index >= 15 is 0 Å². The van der Waals surface area contributed by atoms with Gasteiger partial charge in [-0.1, -0.05) is 6.07 Å². The van der Waals surface area contributed by atoms with Crippen LogP contribution < -0.4 is 10.5 Å². The number of ether oxygens (including phenoxy) is 2. The van der Waals surface area contributed by atoms with E-state index in [0.29, 0.717) is 0 Å². The zero-order valence-corrected chi connectivity index (χ0v) is 7.87. The molecule has 0 aliphatic rings. The Bertz CT molecular complexity index is 368. The first kappa shape index (κ1) is 11.2. The summed E-state index contributed by atoms with van der Waals surface area (Å²) in [4.78, 5) is 11.2. The lowest BCUT2D eigenvalue weighted by molar-refractivity contribution is -0.0498. The van der Waals surface area contributed by atoms with Crippen LogP contribution in [0.1, 0.15) is 10.4 Å². The highest BCUT2D eigenvalue weighted by atomic mass is 19.3. The van der Waals surface area contributed by atoms with Gasteiger partial charge in [0.05, 0.1) is 12.8 Å². The van der Waals surface area contributed by atoms with Gasteiger partial charge in [0.15, 0.2) is 5.75 Å². The average Bonchev–Trinajstić information content (AvgIpc) is 2.19. The maximum absolute atomic E-state index is 12.0. The van der Waals surface area contributed by atoms with Crippen LogP contribution >= 0.6 is 0 Å². The van der Waals surface area contributed by atoms with Gasteiger partial charge in [-0.15, -0.1) is 0 Å². The van der Waals surface area contributed by atoms with Gasteiger partial charge in [0, 0.05) is 0 Å². The molecule has 0 spiro atoms. The zero-order valence-electron chi connectivity index (χ0n) is 7.87. The van der Waals surface area contributed by atoms with Crippen LogP contribution in [0.25, 0.3) is 0 Å². The average molecular weight is 217 g/mol. The molecule has 1 rings (SSSR count). The van der Waals surface area contributed by atoms with E-state index in [2.05, 4.69) is 9.47 Å². The highest BCUT2D eigenvalue weighted by Crippen LogP contribution is 2.28. The Morgan fingerprint density at radius 3 is 2.67 bits per heavy atom. The monoisotopic (exact) mass is 217 g/mol. The van der Waals surface area contributed by atoms with Crippen LogP contribution in [-0.2, 0) is 4.74 Å². The van der Waals surface area contributed by atoms with E-state index in [-0.39, 0.29) is 17.0 Å². The summed E-state index contributed by atoms with van der Waals surface area (Å²) in [5.41, 5.74) is 5.23. The summed E-state index contributed by atoms with van der Waals surface area (Å²) in [5, 5.41) is 0. The molecule has 0 atom stereocenters. The third kappa shape index (κ3) is 2.55. The van der Waals surface area contributed by atoms with Crippen molar-refractivity contribution in [3.8, 4) is 5.75 Å². The second kappa shape index (κ2) is 4.59. The summed E-state index contributed by atoms with van der Waals surface area (Å²) in [6, 6.07) is 4.09. The second-order valence-electron chi connectivity index (χ2n) is 2.59. The number of para-hydroxylation sites is 1. The van der Waals surface area contributed by atoms with E-state index in [1.54, 1.807) is 0 Å². The third-order valence-electron chi connectivity index (χ3n) is 1.66. The fourth-order valence-corrected chi connectivity index (χ4v) is 1.05. The van der Waals surface area contributed by atoms with Crippen LogP contribution in [0.2, 0.25) is 0 Å². The topological polar surface area (TPSA) is 61.5 Å². The van der Waals surface area contributed by atoms with Gasteiger partial charge in [-0.05, 0) is 12.1 Å². The zero-order chi connectivity index (χ0) is 11.4. The molecule has 0 saturated carbocycles. The number of hydrogen-bond acceptors (Lipinski definition) is 4. The normalized spacial score (nSPS) is 10.1. The van der Waals surface area contributed by atoms with Gasteiger partial charge in [-0.2, -0.15) is 8.78 Å². The lowest BCUT2D eigenvalue weighted by Gasteiger charge is -2.11. The van der Waals surface area contributed by atoms with Crippen LogP contribution in [0.15, 0.2) is 18.2 Å². The highest BCUT2D eigenvalue weighted by molar-refractivity contribution is 5.94. The number of anilines is 1. The van der Waals surface area contributed by atoms with E-state index in [4.69, 9.17) is 5.73 Å². The van der Waals surface area contributed by atoms with Gasteiger partial charge in [0.2, 0.25) is 0 Å². The van der Waals surface area contributed by atoms with E-state index in [9.17, 15) is 13.6 Å². The number of carbonyl (C=O) groups is 1. The minimum Gasteiger partial charge on any atom is -0.465 e. The molecule has 0 amide bonds. The molecular formula is C9H9F2NO3. The molecule has 1 aromatic rings. The van der Waals surface area contributed by atoms with Gasteiger partial charge in [0.25, 0.3) is 0 Å². The van der Waals surface area contributed by atoms with Crippen molar-refractivity contribution >= 4 is 11.7 Å². The first-order chi connectivity index (χ1) is 7.06. The van der Waals surface area contributed by atoms with Crippen LogP contribution in [0.4, 0.5) is 14.5 Å². The number of benzene rings is 1. The van der Waals surface area contributed by atoms with Crippen LogP contribution in [0.3, 0.4) is 0 Å². The summed E-state index contributed by atoms with van der Waals surface area (Å²) in [7, 11) is 1.14. The van der Waals surface area contributed by atoms with Crippen molar-refractivity contribution in [2.45, 2.75) is 6.61 Å².